The number of ether oxygens (including phenoxy) is 1. The molecule has 0 aliphatic rings. The van der Waals surface area contributed by atoms with Crippen LogP contribution in [-0.4, -0.2) is 19.2 Å². The molecule has 0 heterocycles. The molecule has 19 heavy (non-hydrogen) atoms. The Labute approximate surface area is 117 Å². The Hall–Kier alpha value is -1.28. The van der Waals surface area contributed by atoms with E-state index in [2.05, 4.69) is 51.2 Å². The zero-order chi connectivity index (χ0) is 14.1. The van der Waals surface area contributed by atoms with Crippen molar-refractivity contribution in [2.75, 3.05) is 13.2 Å². The first-order valence-electron chi connectivity index (χ1n) is 7.31. The zero-order valence-corrected chi connectivity index (χ0v) is 12.7. The Morgan fingerprint density at radius 2 is 1.89 bits per heavy atom. The first kappa shape index (κ1) is 15.8. The van der Waals surface area contributed by atoms with E-state index in [1.54, 1.807) is 0 Å². The van der Waals surface area contributed by atoms with Gasteiger partial charge in [-0.15, -0.1) is 0 Å². The van der Waals surface area contributed by atoms with Crippen molar-refractivity contribution < 1.29 is 4.74 Å². The van der Waals surface area contributed by atoms with Crippen LogP contribution in [-0.2, 0) is 0 Å². The van der Waals surface area contributed by atoms with Crippen LogP contribution < -0.4 is 10.1 Å². The molecule has 0 aliphatic carbocycles. The molecule has 1 N–H and O–H groups in total. The summed E-state index contributed by atoms with van der Waals surface area (Å²) in [7, 11) is 0. The fraction of sp³-hybridized carbons (Fsp3) is 0.529. The van der Waals surface area contributed by atoms with Crippen LogP contribution in [0.15, 0.2) is 29.8 Å². The number of benzene rings is 1. The summed E-state index contributed by atoms with van der Waals surface area (Å²) in [6.07, 6.45) is 4.44. The molecule has 0 fully saturated rings. The van der Waals surface area contributed by atoms with Crippen molar-refractivity contribution in [1.82, 2.24) is 5.32 Å². The first-order chi connectivity index (χ1) is 9.17. The largest absolute Gasteiger partial charge is 0.494 e. The van der Waals surface area contributed by atoms with E-state index in [-0.39, 0.29) is 0 Å². The molecule has 0 spiro atoms. The standard InChI is InChI=1S/C17H27NO/c1-5-11-18-15(4)14(3)13-16-7-9-17(10-8-16)19-12-6-2/h7-10,13,15,18H,5-6,11-12H2,1-4H3/b14-13+. The molecule has 0 saturated carbocycles. The highest BCUT2D eigenvalue weighted by Gasteiger charge is 2.02. The summed E-state index contributed by atoms with van der Waals surface area (Å²) >= 11 is 0. The van der Waals surface area contributed by atoms with Crippen LogP contribution in [0.3, 0.4) is 0 Å². The highest BCUT2D eigenvalue weighted by molar-refractivity contribution is 5.54. The van der Waals surface area contributed by atoms with Crippen LogP contribution in [0.5, 0.6) is 5.75 Å². The maximum Gasteiger partial charge on any atom is 0.119 e. The Morgan fingerprint density at radius 1 is 1.21 bits per heavy atom. The van der Waals surface area contributed by atoms with Crippen molar-refractivity contribution in [3.05, 3.63) is 35.4 Å². The number of hydrogen-bond donors (Lipinski definition) is 1. The summed E-state index contributed by atoms with van der Waals surface area (Å²) in [5.41, 5.74) is 2.59. The van der Waals surface area contributed by atoms with Crippen LogP contribution in [0, 0.1) is 0 Å². The first-order valence-corrected chi connectivity index (χ1v) is 7.31. The molecule has 1 rings (SSSR count). The lowest BCUT2D eigenvalue weighted by atomic mass is 10.1. The van der Waals surface area contributed by atoms with Gasteiger partial charge in [0.1, 0.15) is 5.75 Å². The van der Waals surface area contributed by atoms with E-state index >= 15 is 0 Å². The summed E-state index contributed by atoms with van der Waals surface area (Å²) in [6, 6.07) is 8.73. The van der Waals surface area contributed by atoms with Gasteiger partial charge in [-0.1, -0.05) is 37.6 Å². The molecule has 1 unspecified atom stereocenters. The second-order valence-corrected chi connectivity index (χ2v) is 4.98. The van der Waals surface area contributed by atoms with Gasteiger partial charge in [0, 0.05) is 6.04 Å². The second kappa shape index (κ2) is 8.76. The third kappa shape index (κ3) is 5.93. The van der Waals surface area contributed by atoms with E-state index in [9.17, 15) is 0 Å². The fourth-order valence-corrected chi connectivity index (χ4v) is 1.79. The molecule has 0 aromatic heterocycles. The van der Waals surface area contributed by atoms with Gasteiger partial charge in [-0.2, -0.15) is 0 Å². The van der Waals surface area contributed by atoms with Gasteiger partial charge in [0.15, 0.2) is 0 Å². The molecule has 1 aromatic carbocycles. The van der Waals surface area contributed by atoms with E-state index in [4.69, 9.17) is 4.74 Å². The van der Waals surface area contributed by atoms with Gasteiger partial charge in [-0.25, -0.2) is 0 Å². The van der Waals surface area contributed by atoms with Gasteiger partial charge in [-0.3, -0.25) is 0 Å². The van der Waals surface area contributed by atoms with Gasteiger partial charge in [0.25, 0.3) is 0 Å². The van der Waals surface area contributed by atoms with Crippen molar-refractivity contribution in [3.63, 3.8) is 0 Å². The van der Waals surface area contributed by atoms with E-state index in [1.807, 2.05) is 12.1 Å². The van der Waals surface area contributed by atoms with Gasteiger partial charge in [0.05, 0.1) is 6.61 Å². The molecule has 2 nitrogen and oxygen atoms in total. The summed E-state index contributed by atoms with van der Waals surface area (Å²) in [6.45, 7) is 10.5. The molecule has 0 aliphatic heterocycles. The lowest BCUT2D eigenvalue weighted by Crippen LogP contribution is -2.27. The van der Waals surface area contributed by atoms with Crippen LogP contribution in [0.2, 0.25) is 0 Å². The molecule has 1 aromatic rings. The minimum atomic E-state index is 0.427. The monoisotopic (exact) mass is 261 g/mol. The van der Waals surface area contributed by atoms with Crippen molar-refractivity contribution in [2.24, 2.45) is 0 Å². The second-order valence-electron chi connectivity index (χ2n) is 4.98. The van der Waals surface area contributed by atoms with Gasteiger partial charge >= 0.3 is 0 Å². The van der Waals surface area contributed by atoms with Gasteiger partial charge in [-0.05, 0) is 50.9 Å². The van der Waals surface area contributed by atoms with Crippen LogP contribution in [0.1, 0.15) is 46.1 Å². The highest BCUT2D eigenvalue weighted by Crippen LogP contribution is 2.15. The van der Waals surface area contributed by atoms with Gasteiger partial charge in [0.2, 0.25) is 0 Å². The smallest absolute Gasteiger partial charge is 0.119 e. The molecule has 2 heteroatoms. The van der Waals surface area contributed by atoms with Crippen molar-refractivity contribution in [3.8, 4) is 5.75 Å². The molecule has 1 atom stereocenters. The lowest BCUT2D eigenvalue weighted by molar-refractivity contribution is 0.317. The summed E-state index contributed by atoms with van der Waals surface area (Å²) in [5.74, 6) is 0.953. The van der Waals surface area contributed by atoms with E-state index in [0.717, 1.165) is 25.3 Å². The highest BCUT2D eigenvalue weighted by atomic mass is 16.5. The van der Waals surface area contributed by atoms with E-state index in [1.165, 1.54) is 17.6 Å². The van der Waals surface area contributed by atoms with Crippen LogP contribution in [0.4, 0.5) is 0 Å². The SMILES string of the molecule is CCCNC(C)/C(C)=C/c1ccc(OCCC)cc1. The minimum Gasteiger partial charge on any atom is -0.494 e. The summed E-state index contributed by atoms with van der Waals surface area (Å²) < 4.78 is 5.58. The predicted octanol–water partition coefficient (Wildman–Crippen LogP) is 4.27. The molecular weight excluding hydrogens is 234 g/mol. The number of hydrogen-bond acceptors (Lipinski definition) is 2. The normalized spacial score (nSPS) is 13.4. The van der Waals surface area contributed by atoms with Crippen LogP contribution in [0.25, 0.3) is 6.08 Å². The maximum absolute atomic E-state index is 5.58. The topological polar surface area (TPSA) is 21.3 Å². The maximum atomic E-state index is 5.58. The molecule has 0 saturated heterocycles. The van der Waals surface area contributed by atoms with Crippen molar-refractivity contribution >= 4 is 6.08 Å². The average molecular weight is 261 g/mol. The quantitative estimate of drug-likeness (QED) is 0.754. The van der Waals surface area contributed by atoms with E-state index < -0.39 is 0 Å². The molecule has 106 valence electrons. The number of nitrogens with one attached hydrogen (secondary N) is 1. The Bertz CT molecular complexity index is 381. The number of rotatable bonds is 8. The predicted molar refractivity (Wildman–Crippen MR) is 83.6 cm³/mol. The zero-order valence-electron chi connectivity index (χ0n) is 12.7. The van der Waals surface area contributed by atoms with Crippen molar-refractivity contribution in [2.45, 2.75) is 46.6 Å². The Balaban J connectivity index is 2.59. The Kier molecular flexibility index (Phi) is 7.27. The molecule has 0 bridgehead atoms. The molecule has 0 amide bonds. The van der Waals surface area contributed by atoms with Gasteiger partial charge < -0.3 is 10.1 Å². The molecular formula is C17H27NO. The van der Waals surface area contributed by atoms with Crippen molar-refractivity contribution in [1.29, 1.82) is 0 Å². The molecule has 0 radical (unpaired) electrons. The third-order valence-electron chi connectivity index (χ3n) is 3.13. The summed E-state index contributed by atoms with van der Waals surface area (Å²) in [4.78, 5) is 0. The minimum absolute atomic E-state index is 0.427. The summed E-state index contributed by atoms with van der Waals surface area (Å²) in [5, 5.41) is 3.50. The van der Waals surface area contributed by atoms with Crippen LogP contribution >= 0.6 is 0 Å². The third-order valence-corrected chi connectivity index (χ3v) is 3.13. The Morgan fingerprint density at radius 3 is 2.47 bits per heavy atom. The lowest BCUT2D eigenvalue weighted by Gasteiger charge is -2.14. The van der Waals surface area contributed by atoms with E-state index in [0.29, 0.717) is 6.04 Å². The fourth-order valence-electron chi connectivity index (χ4n) is 1.79. The average Bonchev–Trinajstić information content (AvgIpc) is 2.43.